The van der Waals surface area contributed by atoms with E-state index in [2.05, 4.69) is 5.32 Å². The fourth-order valence-corrected chi connectivity index (χ4v) is 2.08. The van der Waals surface area contributed by atoms with E-state index in [1.165, 1.54) is 36.0 Å². The average Bonchev–Trinajstić information content (AvgIpc) is 2.39. The Bertz CT molecular complexity index is 473. The van der Waals surface area contributed by atoms with Crippen molar-refractivity contribution in [1.29, 1.82) is 0 Å². The predicted octanol–water partition coefficient (Wildman–Crippen LogP) is 1.65. The normalized spacial score (nSPS) is 9.95. The van der Waals surface area contributed by atoms with Crippen LogP contribution in [0.15, 0.2) is 24.3 Å². The quantitative estimate of drug-likeness (QED) is 0.466. The molecular formula is C12H14N2O4S. The molecule has 0 atom stereocenters. The molecule has 0 aliphatic carbocycles. The Hall–Kier alpha value is -1.89. The molecule has 0 radical (unpaired) electrons. The molecule has 1 N–H and O–H groups in total. The van der Waals surface area contributed by atoms with Crippen molar-refractivity contribution in [1.82, 2.24) is 5.32 Å². The van der Waals surface area contributed by atoms with Gasteiger partial charge in [-0.1, -0.05) is 0 Å². The van der Waals surface area contributed by atoms with Gasteiger partial charge in [-0.3, -0.25) is 19.7 Å². The molecule has 0 saturated carbocycles. The Morgan fingerprint density at radius 2 is 1.89 bits per heavy atom. The summed E-state index contributed by atoms with van der Waals surface area (Å²) < 4.78 is 0. The molecule has 0 aromatic heterocycles. The van der Waals surface area contributed by atoms with E-state index in [9.17, 15) is 19.7 Å². The Morgan fingerprint density at radius 1 is 1.26 bits per heavy atom. The Labute approximate surface area is 114 Å². The van der Waals surface area contributed by atoms with Crippen LogP contribution in [0.5, 0.6) is 0 Å². The highest BCUT2D eigenvalue weighted by molar-refractivity contribution is 8.00. The van der Waals surface area contributed by atoms with E-state index < -0.39 is 4.92 Å². The SMILES string of the molecule is CCNC(=O)CSCC(=O)c1ccc([N+](=O)[O-])cc1. The fourth-order valence-electron chi connectivity index (χ4n) is 1.34. The van der Waals surface area contributed by atoms with Gasteiger partial charge in [-0.2, -0.15) is 0 Å². The molecule has 7 heteroatoms. The lowest BCUT2D eigenvalue weighted by molar-refractivity contribution is -0.384. The summed E-state index contributed by atoms with van der Waals surface area (Å²) in [5.74, 6) is 0.148. The highest BCUT2D eigenvalue weighted by Crippen LogP contribution is 2.14. The van der Waals surface area contributed by atoms with Crippen LogP contribution in [0.1, 0.15) is 17.3 Å². The van der Waals surface area contributed by atoms with Gasteiger partial charge < -0.3 is 5.32 Å². The van der Waals surface area contributed by atoms with Crippen LogP contribution in [-0.2, 0) is 4.79 Å². The molecule has 102 valence electrons. The van der Waals surface area contributed by atoms with E-state index in [0.29, 0.717) is 12.1 Å². The summed E-state index contributed by atoms with van der Waals surface area (Å²) in [5.41, 5.74) is 0.362. The van der Waals surface area contributed by atoms with Gasteiger partial charge in [-0.15, -0.1) is 11.8 Å². The predicted molar refractivity (Wildman–Crippen MR) is 73.4 cm³/mol. The van der Waals surface area contributed by atoms with Crippen molar-refractivity contribution >= 4 is 29.1 Å². The molecule has 0 aliphatic rings. The number of nitro benzene ring substituents is 1. The zero-order chi connectivity index (χ0) is 14.3. The third-order valence-electron chi connectivity index (χ3n) is 2.24. The molecule has 19 heavy (non-hydrogen) atoms. The average molecular weight is 282 g/mol. The number of hydrogen-bond acceptors (Lipinski definition) is 5. The number of nitrogens with one attached hydrogen (secondary N) is 1. The van der Waals surface area contributed by atoms with Gasteiger partial charge in [-0.25, -0.2) is 0 Å². The molecule has 0 heterocycles. The minimum absolute atomic E-state index is 0.0495. The Balaban J connectivity index is 2.45. The summed E-state index contributed by atoms with van der Waals surface area (Å²) >= 11 is 1.22. The van der Waals surface area contributed by atoms with Gasteiger partial charge in [0.1, 0.15) is 0 Å². The molecule has 1 amide bonds. The topological polar surface area (TPSA) is 89.3 Å². The van der Waals surface area contributed by atoms with Gasteiger partial charge in [0.15, 0.2) is 5.78 Å². The maximum absolute atomic E-state index is 11.7. The maximum Gasteiger partial charge on any atom is 0.269 e. The van der Waals surface area contributed by atoms with Crippen LogP contribution < -0.4 is 5.32 Å². The highest BCUT2D eigenvalue weighted by atomic mass is 32.2. The van der Waals surface area contributed by atoms with Crippen molar-refractivity contribution in [2.75, 3.05) is 18.1 Å². The lowest BCUT2D eigenvalue weighted by atomic mass is 10.1. The minimum Gasteiger partial charge on any atom is -0.356 e. The highest BCUT2D eigenvalue weighted by Gasteiger charge is 2.10. The number of non-ortho nitro benzene ring substituents is 1. The third kappa shape index (κ3) is 5.09. The summed E-state index contributed by atoms with van der Waals surface area (Å²) in [6.45, 7) is 2.39. The van der Waals surface area contributed by atoms with Crippen LogP contribution >= 0.6 is 11.8 Å². The van der Waals surface area contributed by atoms with Crippen molar-refractivity contribution in [3.63, 3.8) is 0 Å². The standard InChI is InChI=1S/C12H14N2O4S/c1-2-13-12(16)8-19-7-11(15)9-3-5-10(6-4-9)14(17)18/h3-6H,2,7-8H2,1H3,(H,13,16). The molecule has 0 spiro atoms. The lowest BCUT2D eigenvalue weighted by Crippen LogP contribution is -2.24. The number of hydrogen-bond donors (Lipinski definition) is 1. The first-order valence-electron chi connectivity index (χ1n) is 5.66. The van der Waals surface area contributed by atoms with Crippen LogP contribution in [0, 0.1) is 10.1 Å². The maximum atomic E-state index is 11.7. The minimum atomic E-state index is -0.516. The van der Waals surface area contributed by atoms with Gasteiger partial charge in [0.2, 0.25) is 5.91 Å². The van der Waals surface area contributed by atoms with Crippen molar-refractivity contribution in [2.24, 2.45) is 0 Å². The Kier molecular flexibility index (Phi) is 6.01. The van der Waals surface area contributed by atoms with Gasteiger partial charge in [0, 0.05) is 24.2 Å². The van der Waals surface area contributed by atoms with Gasteiger partial charge in [-0.05, 0) is 19.1 Å². The number of thioether (sulfide) groups is 1. The van der Waals surface area contributed by atoms with Crippen molar-refractivity contribution in [3.8, 4) is 0 Å². The zero-order valence-corrected chi connectivity index (χ0v) is 11.2. The number of carbonyl (C=O) groups is 2. The number of ketones is 1. The van der Waals surface area contributed by atoms with Crippen LogP contribution in [0.2, 0.25) is 0 Å². The fraction of sp³-hybridized carbons (Fsp3) is 0.333. The number of nitro groups is 1. The second kappa shape index (κ2) is 7.52. The summed E-state index contributed by atoms with van der Waals surface area (Å²) in [6.07, 6.45) is 0. The van der Waals surface area contributed by atoms with Gasteiger partial charge >= 0.3 is 0 Å². The summed E-state index contributed by atoms with van der Waals surface area (Å²) in [4.78, 5) is 32.9. The molecule has 0 aliphatic heterocycles. The molecule has 1 aromatic carbocycles. The monoisotopic (exact) mass is 282 g/mol. The summed E-state index contributed by atoms with van der Waals surface area (Å²) in [7, 11) is 0. The molecule has 0 bridgehead atoms. The first-order chi connectivity index (χ1) is 9.04. The van der Waals surface area contributed by atoms with Gasteiger partial charge in [0.05, 0.1) is 16.4 Å². The summed E-state index contributed by atoms with van der Waals surface area (Å²) in [6, 6.07) is 5.43. The van der Waals surface area contributed by atoms with E-state index in [1.807, 2.05) is 6.92 Å². The number of carbonyl (C=O) groups excluding carboxylic acids is 2. The molecular weight excluding hydrogens is 268 g/mol. The smallest absolute Gasteiger partial charge is 0.269 e. The van der Waals surface area contributed by atoms with E-state index in [0.717, 1.165) is 0 Å². The number of Topliss-reactive ketones (excluding diaryl/α,β-unsaturated/α-hetero) is 1. The van der Waals surface area contributed by atoms with Crippen molar-refractivity contribution < 1.29 is 14.5 Å². The third-order valence-corrected chi connectivity index (χ3v) is 3.17. The zero-order valence-electron chi connectivity index (χ0n) is 10.4. The molecule has 1 rings (SSSR count). The van der Waals surface area contributed by atoms with Crippen molar-refractivity contribution in [3.05, 3.63) is 39.9 Å². The van der Waals surface area contributed by atoms with Crippen LogP contribution in [0.3, 0.4) is 0 Å². The van der Waals surface area contributed by atoms with Crippen LogP contribution in [0.4, 0.5) is 5.69 Å². The van der Waals surface area contributed by atoms with E-state index >= 15 is 0 Å². The Morgan fingerprint density at radius 3 is 2.42 bits per heavy atom. The molecule has 1 aromatic rings. The first kappa shape index (κ1) is 15.2. The van der Waals surface area contributed by atoms with Crippen LogP contribution in [-0.4, -0.2) is 34.7 Å². The van der Waals surface area contributed by atoms with E-state index in [-0.39, 0.29) is 28.9 Å². The molecule has 6 nitrogen and oxygen atoms in total. The molecule has 0 fully saturated rings. The molecule has 0 saturated heterocycles. The van der Waals surface area contributed by atoms with E-state index in [4.69, 9.17) is 0 Å². The van der Waals surface area contributed by atoms with Gasteiger partial charge in [0.25, 0.3) is 5.69 Å². The lowest BCUT2D eigenvalue weighted by Gasteiger charge is -2.02. The molecule has 0 unspecified atom stereocenters. The first-order valence-corrected chi connectivity index (χ1v) is 6.82. The number of amides is 1. The van der Waals surface area contributed by atoms with Crippen molar-refractivity contribution in [2.45, 2.75) is 6.92 Å². The second-order valence-corrected chi connectivity index (χ2v) is 4.66. The number of rotatable bonds is 7. The number of nitrogens with zero attached hydrogens (tertiary/aromatic N) is 1. The van der Waals surface area contributed by atoms with Crippen LogP contribution in [0.25, 0.3) is 0 Å². The largest absolute Gasteiger partial charge is 0.356 e. The second-order valence-electron chi connectivity index (χ2n) is 3.67. The van der Waals surface area contributed by atoms with E-state index in [1.54, 1.807) is 0 Å². The summed E-state index contributed by atoms with van der Waals surface area (Å²) in [5, 5.41) is 13.1. The number of benzene rings is 1.